The van der Waals surface area contributed by atoms with Gasteiger partial charge in [-0.25, -0.2) is 0 Å². The van der Waals surface area contributed by atoms with Gasteiger partial charge in [0.15, 0.2) is 0 Å². The lowest BCUT2D eigenvalue weighted by Gasteiger charge is -2.11. The van der Waals surface area contributed by atoms with Crippen molar-refractivity contribution in [2.24, 2.45) is 0 Å². The fourth-order valence-electron chi connectivity index (χ4n) is 1.66. The first kappa shape index (κ1) is 10.9. The molecule has 0 bridgehead atoms. The third-order valence-corrected chi connectivity index (χ3v) is 3.49. The highest BCUT2D eigenvalue weighted by molar-refractivity contribution is 7.13. The van der Waals surface area contributed by atoms with Crippen LogP contribution in [0, 0.1) is 0 Å². The molecule has 0 amide bonds. The molecular weight excluding hydrogens is 220 g/mol. The van der Waals surface area contributed by atoms with E-state index >= 15 is 0 Å². The summed E-state index contributed by atoms with van der Waals surface area (Å²) >= 11 is 1.63. The van der Waals surface area contributed by atoms with Crippen LogP contribution in [0.4, 0.5) is 0 Å². The Kier molecular flexibility index (Phi) is 3.06. The van der Waals surface area contributed by atoms with E-state index in [9.17, 15) is 4.79 Å². The highest BCUT2D eigenvalue weighted by Gasteiger charge is 2.17. The fraction of sp³-hybridized carbons (Fsp3) is 0.154. The summed E-state index contributed by atoms with van der Waals surface area (Å²) < 4.78 is 0. The summed E-state index contributed by atoms with van der Waals surface area (Å²) in [7, 11) is 0. The van der Waals surface area contributed by atoms with E-state index < -0.39 is 11.9 Å². The van der Waals surface area contributed by atoms with Crippen molar-refractivity contribution in [1.29, 1.82) is 0 Å². The molecule has 0 saturated carbocycles. The zero-order valence-electron chi connectivity index (χ0n) is 8.88. The number of hydrogen-bond donors (Lipinski definition) is 1. The van der Waals surface area contributed by atoms with E-state index in [2.05, 4.69) is 0 Å². The van der Waals surface area contributed by atoms with Crippen molar-refractivity contribution < 1.29 is 9.90 Å². The Hall–Kier alpha value is -1.61. The Morgan fingerprint density at radius 2 is 2.00 bits per heavy atom. The Labute approximate surface area is 98.2 Å². The zero-order valence-corrected chi connectivity index (χ0v) is 9.70. The molecule has 0 aliphatic carbocycles. The van der Waals surface area contributed by atoms with E-state index in [1.807, 2.05) is 41.8 Å². The Morgan fingerprint density at radius 1 is 1.25 bits per heavy atom. The number of carboxylic acid groups (broad SMARTS) is 1. The molecule has 1 aromatic carbocycles. The minimum absolute atomic E-state index is 0.474. The van der Waals surface area contributed by atoms with Crippen LogP contribution in [0.2, 0.25) is 0 Å². The van der Waals surface area contributed by atoms with Gasteiger partial charge in [0.05, 0.1) is 5.92 Å². The molecule has 3 heteroatoms. The smallest absolute Gasteiger partial charge is 0.310 e. The summed E-state index contributed by atoms with van der Waals surface area (Å²) in [5, 5.41) is 11.1. The molecule has 0 fully saturated rings. The van der Waals surface area contributed by atoms with Crippen molar-refractivity contribution in [2.45, 2.75) is 12.8 Å². The molecule has 0 aliphatic rings. The molecule has 82 valence electrons. The minimum atomic E-state index is -0.788. The van der Waals surface area contributed by atoms with E-state index in [0.29, 0.717) is 0 Å². The first-order chi connectivity index (χ1) is 7.70. The van der Waals surface area contributed by atoms with Gasteiger partial charge < -0.3 is 5.11 Å². The van der Waals surface area contributed by atoms with Crippen LogP contribution in [0.15, 0.2) is 41.8 Å². The monoisotopic (exact) mass is 232 g/mol. The molecule has 2 nitrogen and oxygen atoms in total. The number of aliphatic carboxylic acids is 1. The summed E-state index contributed by atoms with van der Waals surface area (Å²) in [5.74, 6) is -1.26. The standard InChI is InChI=1S/C13H12O2S/c1-9(13(14)15)10-5-2-3-6-11(10)12-7-4-8-16-12/h2-9H,1H3,(H,14,15). The molecule has 0 aliphatic heterocycles. The average molecular weight is 232 g/mol. The van der Waals surface area contributed by atoms with Crippen LogP contribution >= 0.6 is 11.3 Å². The van der Waals surface area contributed by atoms with Gasteiger partial charge in [-0.2, -0.15) is 0 Å². The predicted molar refractivity (Wildman–Crippen MR) is 65.8 cm³/mol. The molecule has 1 aromatic heterocycles. The number of carboxylic acids is 1. The predicted octanol–water partition coefficient (Wildman–Crippen LogP) is 3.60. The molecule has 0 saturated heterocycles. The maximum atomic E-state index is 11.0. The summed E-state index contributed by atoms with van der Waals surface area (Å²) in [6.45, 7) is 1.72. The van der Waals surface area contributed by atoms with Gasteiger partial charge in [0.1, 0.15) is 0 Å². The summed E-state index contributed by atoms with van der Waals surface area (Å²) in [4.78, 5) is 12.1. The van der Waals surface area contributed by atoms with Crippen molar-refractivity contribution in [2.75, 3.05) is 0 Å². The minimum Gasteiger partial charge on any atom is -0.481 e. The van der Waals surface area contributed by atoms with Crippen LogP contribution in [0.3, 0.4) is 0 Å². The lowest BCUT2D eigenvalue weighted by Crippen LogP contribution is -2.08. The van der Waals surface area contributed by atoms with Crippen molar-refractivity contribution in [3.8, 4) is 10.4 Å². The maximum absolute atomic E-state index is 11.0. The maximum Gasteiger partial charge on any atom is 0.310 e. The topological polar surface area (TPSA) is 37.3 Å². The van der Waals surface area contributed by atoms with Crippen molar-refractivity contribution in [3.63, 3.8) is 0 Å². The number of carbonyl (C=O) groups is 1. The van der Waals surface area contributed by atoms with Gasteiger partial charge in [-0.1, -0.05) is 30.3 Å². The van der Waals surface area contributed by atoms with Crippen molar-refractivity contribution in [3.05, 3.63) is 47.3 Å². The van der Waals surface area contributed by atoms with Crippen LogP contribution in [0.1, 0.15) is 18.4 Å². The second-order valence-electron chi connectivity index (χ2n) is 3.62. The van der Waals surface area contributed by atoms with Crippen molar-refractivity contribution in [1.82, 2.24) is 0 Å². The molecule has 2 aromatic rings. The molecule has 2 rings (SSSR count). The van der Waals surface area contributed by atoms with Crippen LogP contribution in [-0.2, 0) is 4.79 Å². The largest absolute Gasteiger partial charge is 0.481 e. The summed E-state index contributed by atoms with van der Waals surface area (Å²) in [6, 6.07) is 11.7. The molecule has 1 heterocycles. The van der Waals surface area contributed by atoms with Crippen LogP contribution in [-0.4, -0.2) is 11.1 Å². The first-order valence-electron chi connectivity index (χ1n) is 5.05. The van der Waals surface area contributed by atoms with Gasteiger partial charge in [-0.3, -0.25) is 4.79 Å². The molecule has 16 heavy (non-hydrogen) atoms. The Bertz CT molecular complexity index is 488. The van der Waals surface area contributed by atoms with E-state index in [1.54, 1.807) is 18.3 Å². The molecule has 0 radical (unpaired) electrons. The number of thiophene rings is 1. The third-order valence-electron chi connectivity index (χ3n) is 2.58. The van der Waals surface area contributed by atoms with Gasteiger partial charge >= 0.3 is 5.97 Å². The first-order valence-corrected chi connectivity index (χ1v) is 5.93. The van der Waals surface area contributed by atoms with Gasteiger partial charge in [-0.05, 0) is 29.5 Å². The van der Waals surface area contributed by atoms with Crippen LogP contribution in [0.5, 0.6) is 0 Å². The highest BCUT2D eigenvalue weighted by Crippen LogP contribution is 2.32. The number of hydrogen-bond acceptors (Lipinski definition) is 2. The van der Waals surface area contributed by atoms with E-state index in [4.69, 9.17) is 5.11 Å². The number of benzene rings is 1. The van der Waals surface area contributed by atoms with Gasteiger partial charge in [0.2, 0.25) is 0 Å². The number of rotatable bonds is 3. The average Bonchev–Trinajstić information content (AvgIpc) is 2.81. The van der Waals surface area contributed by atoms with Gasteiger partial charge in [-0.15, -0.1) is 11.3 Å². The van der Waals surface area contributed by atoms with Crippen LogP contribution < -0.4 is 0 Å². The Morgan fingerprint density at radius 3 is 2.62 bits per heavy atom. The normalized spacial score (nSPS) is 12.3. The molecular formula is C13H12O2S. The second kappa shape index (κ2) is 4.49. The summed E-state index contributed by atoms with van der Waals surface area (Å²) in [6.07, 6.45) is 0. The zero-order chi connectivity index (χ0) is 11.5. The van der Waals surface area contributed by atoms with Gasteiger partial charge in [0.25, 0.3) is 0 Å². The molecule has 1 atom stereocenters. The Balaban J connectivity index is 2.50. The molecule has 1 N–H and O–H groups in total. The molecule has 1 unspecified atom stereocenters. The highest BCUT2D eigenvalue weighted by atomic mass is 32.1. The fourth-order valence-corrected chi connectivity index (χ4v) is 2.44. The quantitative estimate of drug-likeness (QED) is 0.877. The lowest BCUT2D eigenvalue weighted by atomic mass is 9.95. The van der Waals surface area contributed by atoms with E-state index in [1.165, 1.54) is 0 Å². The van der Waals surface area contributed by atoms with Crippen LogP contribution in [0.25, 0.3) is 10.4 Å². The third kappa shape index (κ3) is 1.99. The SMILES string of the molecule is CC(C(=O)O)c1ccccc1-c1cccs1. The van der Waals surface area contributed by atoms with Gasteiger partial charge in [0, 0.05) is 4.88 Å². The lowest BCUT2D eigenvalue weighted by molar-refractivity contribution is -0.138. The molecule has 0 spiro atoms. The van der Waals surface area contributed by atoms with Crippen molar-refractivity contribution >= 4 is 17.3 Å². The van der Waals surface area contributed by atoms with E-state index in [-0.39, 0.29) is 0 Å². The second-order valence-corrected chi connectivity index (χ2v) is 4.57. The van der Waals surface area contributed by atoms with E-state index in [0.717, 1.165) is 16.0 Å². The summed E-state index contributed by atoms with van der Waals surface area (Å²) in [5.41, 5.74) is 1.89.